The molecule has 0 bridgehead atoms. The van der Waals surface area contributed by atoms with E-state index in [1.165, 1.54) is 19.2 Å². The molecule has 3 aromatic carbocycles. The highest BCUT2D eigenvalue weighted by Crippen LogP contribution is 2.39. The van der Waals surface area contributed by atoms with Crippen LogP contribution in [-0.4, -0.2) is 42.3 Å². The molecule has 1 amide bonds. The van der Waals surface area contributed by atoms with E-state index in [-0.39, 0.29) is 15.8 Å². The van der Waals surface area contributed by atoms with Crippen LogP contribution in [0.1, 0.15) is 27.2 Å². The van der Waals surface area contributed by atoms with E-state index in [9.17, 15) is 13.2 Å². The molecule has 0 unspecified atom stereocenters. The van der Waals surface area contributed by atoms with Crippen molar-refractivity contribution < 1.29 is 17.6 Å². The zero-order valence-corrected chi connectivity index (χ0v) is 22.4. The number of nitrogens with zero attached hydrogens (tertiary/aromatic N) is 1. The number of rotatable bonds is 7. The van der Waals surface area contributed by atoms with Crippen LogP contribution in [0.25, 0.3) is 0 Å². The molecule has 6 nitrogen and oxygen atoms in total. The van der Waals surface area contributed by atoms with Gasteiger partial charge in [0.2, 0.25) is 10.0 Å². The van der Waals surface area contributed by atoms with E-state index < -0.39 is 24.4 Å². The SMILES string of the molecule is CNS(=O)(=O)c1ccc(N2CC[C@@H](O[Si](c3ccccc3)(c3ccccc3)C(C)(C)C)C2=O)cc1. The van der Waals surface area contributed by atoms with Crippen molar-refractivity contribution in [3.63, 3.8) is 0 Å². The Labute approximate surface area is 209 Å². The number of hydrogen-bond donors (Lipinski definition) is 1. The molecule has 1 heterocycles. The Balaban J connectivity index is 1.69. The second-order valence-corrected chi connectivity index (χ2v) is 15.9. The van der Waals surface area contributed by atoms with E-state index >= 15 is 0 Å². The first-order chi connectivity index (χ1) is 16.6. The van der Waals surface area contributed by atoms with Crippen molar-refractivity contribution in [1.82, 2.24) is 4.72 Å². The molecule has 35 heavy (non-hydrogen) atoms. The minimum Gasteiger partial charge on any atom is -0.395 e. The van der Waals surface area contributed by atoms with Crippen molar-refractivity contribution in [3.05, 3.63) is 84.9 Å². The molecule has 3 aromatic rings. The fourth-order valence-electron chi connectivity index (χ4n) is 4.85. The first-order valence-corrected chi connectivity index (χ1v) is 15.1. The lowest BCUT2D eigenvalue weighted by atomic mass is 10.2. The molecule has 1 aliphatic rings. The molecule has 1 N–H and O–H groups in total. The average Bonchev–Trinajstić information content (AvgIpc) is 3.22. The largest absolute Gasteiger partial charge is 0.395 e. The summed E-state index contributed by atoms with van der Waals surface area (Å²) in [6, 6.07) is 26.9. The van der Waals surface area contributed by atoms with Gasteiger partial charge in [-0.2, -0.15) is 0 Å². The van der Waals surface area contributed by atoms with E-state index in [0.717, 1.165) is 10.4 Å². The van der Waals surface area contributed by atoms with Gasteiger partial charge in [-0.1, -0.05) is 81.4 Å². The molecule has 0 aromatic heterocycles. The minimum absolute atomic E-state index is 0.0952. The molecule has 1 fully saturated rings. The first-order valence-electron chi connectivity index (χ1n) is 11.7. The number of nitrogens with one attached hydrogen (secondary N) is 1. The predicted molar refractivity (Wildman–Crippen MR) is 142 cm³/mol. The minimum atomic E-state index is -3.54. The molecule has 0 aliphatic carbocycles. The summed E-state index contributed by atoms with van der Waals surface area (Å²) in [6.45, 7) is 7.09. The van der Waals surface area contributed by atoms with Crippen molar-refractivity contribution >= 4 is 40.3 Å². The second-order valence-electron chi connectivity index (χ2n) is 9.75. The van der Waals surface area contributed by atoms with E-state index in [0.29, 0.717) is 18.7 Å². The van der Waals surface area contributed by atoms with Gasteiger partial charge in [-0.25, -0.2) is 13.1 Å². The fraction of sp³-hybridized carbons (Fsp3) is 0.296. The molecule has 0 saturated carbocycles. The van der Waals surface area contributed by atoms with Gasteiger partial charge in [0.1, 0.15) is 6.10 Å². The van der Waals surface area contributed by atoms with Crippen LogP contribution in [-0.2, 0) is 19.2 Å². The number of amides is 1. The quantitative estimate of drug-likeness (QED) is 0.497. The van der Waals surface area contributed by atoms with E-state index in [1.807, 2.05) is 36.4 Å². The third-order valence-corrected chi connectivity index (χ3v) is 13.1. The van der Waals surface area contributed by atoms with Crippen LogP contribution < -0.4 is 20.0 Å². The van der Waals surface area contributed by atoms with Gasteiger partial charge < -0.3 is 9.33 Å². The molecule has 0 spiro atoms. The standard InChI is InChI=1S/C27H32N2O4SSi/c1-27(2,3)35(23-11-7-5-8-12-23,24-13-9-6-10-14-24)33-25-19-20-29(26(25)30)21-15-17-22(18-16-21)34(31,32)28-4/h5-18,25,28H,19-20H2,1-4H3/t25-/m1/s1. The topological polar surface area (TPSA) is 75.7 Å². The fourth-order valence-corrected chi connectivity index (χ4v) is 10.2. The van der Waals surface area contributed by atoms with Crippen LogP contribution >= 0.6 is 0 Å². The van der Waals surface area contributed by atoms with Crippen LogP contribution in [0.2, 0.25) is 5.04 Å². The van der Waals surface area contributed by atoms with Gasteiger partial charge in [0, 0.05) is 12.2 Å². The zero-order valence-electron chi connectivity index (χ0n) is 20.6. The Kier molecular flexibility index (Phi) is 7.01. The number of anilines is 1. The summed E-state index contributed by atoms with van der Waals surface area (Å²) in [6.07, 6.45) is -0.0121. The second kappa shape index (κ2) is 9.70. The lowest BCUT2D eigenvalue weighted by Crippen LogP contribution is -2.68. The molecule has 1 aliphatic heterocycles. The Morgan fingerprint density at radius 2 is 1.40 bits per heavy atom. The molecular weight excluding hydrogens is 476 g/mol. The Morgan fingerprint density at radius 3 is 1.86 bits per heavy atom. The maximum absolute atomic E-state index is 13.6. The summed E-state index contributed by atoms with van der Waals surface area (Å²) >= 11 is 0. The van der Waals surface area contributed by atoms with E-state index in [1.54, 1.807) is 17.0 Å². The van der Waals surface area contributed by atoms with Gasteiger partial charge in [-0.15, -0.1) is 0 Å². The summed E-state index contributed by atoms with van der Waals surface area (Å²) in [4.78, 5) is 15.5. The molecule has 4 rings (SSSR count). The highest BCUT2D eigenvalue weighted by Gasteiger charge is 2.53. The monoisotopic (exact) mass is 508 g/mol. The third-order valence-electron chi connectivity index (χ3n) is 6.62. The van der Waals surface area contributed by atoms with Crippen LogP contribution in [0.3, 0.4) is 0 Å². The van der Waals surface area contributed by atoms with Crippen molar-refractivity contribution in [2.45, 2.75) is 43.2 Å². The van der Waals surface area contributed by atoms with Gasteiger partial charge in [-0.05, 0) is 53.1 Å². The van der Waals surface area contributed by atoms with E-state index in [4.69, 9.17) is 4.43 Å². The molecule has 1 atom stereocenters. The molecule has 184 valence electrons. The highest BCUT2D eigenvalue weighted by molar-refractivity contribution is 7.89. The smallest absolute Gasteiger partial charge is 0.262 e. The molecule has 8 heteroatoms. The summed E-state index contributed by atoms with van der Waals surface area (Å²) in [5, 5.41) is 2.03. The normalized spacial score (nSPS) is 17.1. The van der Waals surface area contributed by atoms with Crippen LogP contribution in [0.4, 0.5) is 5.69 Å². The summed E-state index contributed by atoms with van der Waals surface area (Å²) < 4.78 is 33.5. The molecule has 1 saturated heterocycles. The average molecular weight is 509 g/mol. The van der Waals surface area contributed by atoms with Crippen molar-refractivity contribution in [1.29, 1.82) is 0 Å². The lowest BCUT2D eigenvalue weighted by molar-refractivity contribution is -0.123. The van der Waals surface area contributed by atoms with Gasteiger partial charge in [0.25, 0.3) is 14.2 Å². The van der Waals surface area contributed by atoms with Crippen LogP contribution in [0, 0.1) is 0 Å². The van der Waals surface area contributed by atoms with E-state index in [2.05, 4.69) is 49.8 Å². The number of carbonyl (C=O) groups is 1. The molecule has 0 radical (unpaired) electrons. The third kappa shape index (κ3) is 4.71. The number of benzene rings is 3. The number of hydrogen-bond acceptors (Lipinski definition) is 4. The highest BCUT2D eigenvalue weighted by atomic mass is 32.2. The van der Waals surface area contributed by atoms with Gasteiger partial charge in [0.05, 0.1) is 4.90 Å². The van der Waals surface area contributed by atoms with Gasteiger partial charge >= 0.3 is 0 Å². The summed E-state index contributed by atoms with van der Waals surface area (Å²) in [5.41, 5.74) is 0.665. The first kappa shape index (κ1) is 25.3. The Morgan fingerprint density at radius 1 is 0.886 bits per heavy atom. The zero-order chi connectivity index (χ0) is 25.3. The van der Waals surface area contributed by atoms with Crippen molar-refractivity contribution in [3.8, 4) is 0 Å². The maximum atomic E-state index is 13.6. The van der Waals surface area contributed by atoms with Crippen LogP contribution in [0.5, 0.6) is 0 Å². The predicted octanol–water partition coefficient (Wildman–Crippen LogP) is 3.28. The Bertz CT molecular complexity index is 1230. The van der Waals surface area contributed by atoms with Crippen molar-refractivity contribution in [2.24, 2.45) is 0 Å². The number of carbonyl (C=O) groups excluding carboxylic acids is 1. The summed E-state index contributed by atoms with van der Waals surface area (Å²) in [7, 11) is -5.02. The molecular formula is C27H32N2O4SSi. The van der Waals surface area contributed by atoms with Crippen LogP contribution in [0.15, 0.2) is 89.8 Å². The summed E-state index contributed by atoms with van der Waals surface area (Å²) in [5.74, 6) is -0.0952. The van der Waals surface area contributed by atoms with Gasteiger partial charge in [-0.3, -0.25) is 4.79 Å². The Hall–Kier alpha value is -2.78. The maximum Gasteiger partial charge on any atom is 0.262 e. The van der Waals surface area contributed by atoms with Gasteiger partial charge in [0.15, 0.2) is 0 Å². The number of sulfonamides is 1. The lowest BCUT2D eigenvalue weighted by Gasteiger charge is -2.44. The van der Waals surface area contributed by atoms with Crippen molar-refractivity contribution in [2.75, 3.05) is 18.5 Å².